The Labute approximate surface area is 114 Å². The Kier molecular flexibility index (Phi) is 4.90. The molecule has 112 valence electrons. The highest BCUT2D eigenvalue weighted by molar-refractivity contribution is 6.27. The molecule has 0 unspecified atom stereocenters. The number of Topliss-reactive ketones (excluding diaryl/α,β-unsaturated/α-hetero) is 1. The topological polar surface area (TPSA) is 26.3 Å². The lowest BCUT2D eigenvalue weighted by Gasteiger charge is -2.15. The first-order valence-electron chi connectivity index (χ1n) is 5.06. The van der Waals surface area contributed by atoms with E-state index in [-0.39, 0.29) is 6.07 Å². The number of rotatable bonds is 4. The second-order valence-corrected chi connectivity index (χ2v) is 3.98. The molecule has 0 atom stereocenters. The molecule has 0 aromatic heterocycles. The Hall–Kier alpha value is -1.44. The van der Waals surface area contributed by atoms with E-state index in [9.17, 15) is 31.1 Å². The van der Waals surface area contributed by atoms with Crippen LogP contribution in [0.1, 0.15) is 11.1 Å². The van der Waals surface area contributed by atoms with Crippen molar-refractivity contribution >= 4 is 17.4 Å². The minimum absolute atomic E-state index is 0.199. The second-order valence-electron chi connectivity index (χ2n) is 3.71. The first-order chi connectivity index (χ1) is 9.03. The van der Waals surface area contributed by atoms with Gasteiger partial charge in [-0.05, 0) is 17.7 Å². The number of ketones is 1. The highest BCUT2D eigenvalue weighted by Gasteiger charge is 2.36. The number of carbonyl (C=O) groups excluding carboxylic acids is 1. The van der Waals surface area contributed by atoms with Crippen molar-refractivity contribution in [3.05, 3.63) is 29.3 Å². The van der Waals surface area contributed by atoms with Crippen LogP contribution in [-0.2, 0) is 17.4 Å². The highest BCUT2D eigenvalue weighted by Crippen LogP contribution is 2.36. The van der Waals surface area contributed by atoms with Gasteiger partial charge in [0.15, 0.2) is 5.78 Å². The highest BCUT2D eigenvalue weighted by atomic mass is 35.5. The summed E-state index contributed by atoms with van der Waals surface area (Å²) in [6, 6.07) is 1.66. The Morgan fingerprint density at radius 1 is 1.15 bits per heavy atom. The average Bonchev–Trinajstić information content (AvgIpc) is 2.27. The van der Waals surface area contributed by atoms with Crippen molar-refractivity contribution in [2.45, 2.75) is 19.0 Å². The van der Waals surface area contributed by atoms with Crippen LogP contribution in [0.2, 0.25) is 0 Å². The monoisotopic (exact) mass is 320 g/mol. The predicted octanol–water partition coefficient (Wildman–Crippen LogP) is 3.95. The van der Waals surface area contributed by atoms with E-state index in [2.05, 4.69) is 4.74 Å². The summed E-state index contributed by atoms with van der Waals surface area (Å²) in [5, 5.41) is 0. The standard InChI is InChI=1S/C11H7ClF6O2/c12-5-7(19)3-6-1-2-8(20-11(16,17)18)4-9(6)10(13,14)15/h1-2,4H,3,5H2. The zero-order valence-electron chi connectivity index (χ0n) is 9.61. The molecule has 0 aliphatic carbocycles. The Bertz CT molecular complexity index is 495. The van der Waals surface area contributed by atoms with Gasteiger partial charge in [-0.3, -0.25) is 4.79 Å². The van der Waals surface area contributed by atoms with E-state index < -0.39 is 47.5 Å². The van der Waals surface area contributed by atoms with Gasteiger partial charge in [-0.25, -0.2) is 0 Å². The molecular weight excluding hydrogens is 314 g/mol. The lowest BCUT2D eigenvalue weighted by molar-refractivity contribution is -0.274. The summed E-state index contributed by atoms with van der Waals surface area (Å²) in [5.74, 6) is -2.17. The first kappa shape index (κ1) is 16.6. The van der Waals surface area contributed by atoms with E-state index in [0.29, 0.717) is 6.07 Å². The van der Waals surface area contributed by atoms with Gasteiger partial charge in [0.25, 0.3) is 0 Å². The third kappa shape index (κ3) is 4.92. The Balaban J connectivity index is 3.17. The van der Waals surface area contributed by atoms with Crippen LogP contribution in [0.4, 0.5) is 26.3 Å². The maximum Gasteiger partial charge on any atom is 0.573 e. The van der Waals surface area contributed by atoms with E-state index in [1.165, 1.54) is 0 Å². The maximum absolute atomic E-state index is 12.7. The molecule has 9 heteroatoms. The van der Waals surface area contributed by atoms with Crippen LogP contribution >= 0.6 is 11.6 Å². The summed E-state index contributed by atoms with van der Waals surface area (Å²) >= 11 is 5.18. The SMILES string of the molecule is O=C(CCl)Cc1ccc(OC(F)(F)F)cc1C(F)(F)F. The summed E-state index contributed by atoms with van der Waals surface area (Å²) in [5.41, 5.74) is -1.82. The molecule has 1 aromatic rings. The van der Waals surface area contributed by atoms with Crippen LogP contribution < -0.4 is 4.74 Å². The van der Waals surface area contributed by atoms with Gasteiger partial charge in [-0.2, -0.15) is 13.2 Å². The molecule has 0 amide bonds. The van der Waals surface area contributed by atoms with Crippen LogP contribution in [0, 0.1) is 0 Å². The Morgan fingerprint density at radius 2 is 1.75 bits per heavy atom. The summed E-state index contributed by atoms with van der Waals surface area (Å²) in [4.78, 5) is 11.1. The predicted molar refractivity (Wildman–Crippen MR) is 57.6 cm³/mol. The second kappa shape index (κ2) is 5.90. The van der Waals surface area contributed by atoms with Crippen LogP contribution in [0.5, 0.6) is 5.75 Å². The van der Waals surface area contributed by atoms with Gasteiger partial charge in [-0.15, -0.1) is 24.8 Å². The molecule has 2 nitrogen and oxygen atoms in total. The Morgan fingerprint density at radius 3 is 2.20 bits per heavy atom. The van der Waals surface area contributed by atoms with Gasteiger partial charge in [-0.1, -0.05) is 6.07 Å². The molecule has 0 aliphatic heterocycles. The quantitative estimate of drug-likeness (QED) is 0.620. The van der Waals surface area contributed by atoms with E-state index in [1.807, 2.05) is 0 Å². The number of carbonyl (C=O) groups is 1. The van der Waals surface area contributed by atoms with Gasteiger partial charge >= 0.3 is 12.5 Å². The molecule has 0 spiro atoms. The summed E-state index contributed by atoms with van der Waals surface area (Å²) in [6.45, 7) is 0. The van der Waals surface area contributed by atoms with Crippen molar-refractivity contribution in [1.82, 2.24) is 0 Å². The molecule has 0 saturated carbocycles. The largest absolute Gasteiger partial charge is 0.573 e. The van der Waals surface area contributed by atoms with E-state index in [4.69, 9.17) is 11.6 Å². The molecule has 0 saturated heterocycles. The minimum atomic E-state index is -5.10. The fourth-order valence-corrected chi connectivity index (χ4v) is 1.52. The fourth-order valence-electron chi connectivity index (χ4n) is 1.43. The number of hydrogen-bond donors (Lipinski definition) is 0. The zero-order chi connectivity index (χ0) is 15.6. The third-order valence-electron chi connectivity index (χ3n) is 2.16. The van der Waals surface area contributed by atoms with Gasteiger partial charge < -0.3 is 4.74 Å². The number of benzene rings is 1. The van der Waals surface area contributed by atoms with Crippen LogP contribution in [-0.4, -0.2) is 18.0 Å². The molecule has 20 heavy (non-hydrogen) atoms. The molecule has 1 rings (SSSR count). The summed E-state index contributed by atoms with van der Waals surface area (Å²) in [7, 11) is 0. The van der Waals surface area contributed by atoms with Crippen molar-refractivity contribution in [3.8, 4) is 5.75 Å². The first-order valence-corrected chi connectivity index (χ1v) is 5.60. The summed E-state index contributed by atoms with van der Waals surface area (Å²) < 4.78 is 77.5. The molecule has 1 aromatic carbocycles. The minimum Gasteiger partial charge on any atom is -0.406 e. The lowest BCUT2D eigenvalue weighted by atomic mass is 10.0. The summed E-state index contributed by atoms with van der Waals surface area (Å²) in [6.07, 6.45) is -10.6. The smallest absolute Gasteiger partial charge is 0.406 e. The molecule has 0 radical (unpaired) electrons. The van der Waals surface area contributed by atoms with Crippen LogP contribution in [0.15, 0.2) is 18.2 Å². The molecule has 0 bridgehead atoms. The number of ether oxygens (including phenoxy) is 1. The normalized spacial score (nSPS) is 12.3. The molecule has 0 fully saturated rings. The number of halogens is 7. The van der Waals surface area contributed by atoms with Gasteiger partial charge in [0, 0.05) is 6.42 Å². The number of hydrogen-bond acceptors (Lipinski definition) is 2. The van der Waals surface area contributed by atoms with Crippen LogP contribution in [0.25, 0.3) is 0 Å². The number of alkyl halides is 7. The van der Waals surface area contributed by atoms with E-state index >= 15 is 0 Å². The fraction of sp³-hybridized carbons (Fsp3) is 0.364. The van der Waals surface area contributed by atoms with Gasteiger partial charge in [0.1, 0.15) is 5.75 Å². The average molecular weight is 321 g/mol. The van der Waals surface area contributed by atoms with Crippen molar-refractivity contribution in [3.63, 3.8) is 0 Å². The molecule has 0 aliphatic rings. The maximum atomic E-state index is 12.7. The van der Waals surface area contributed by atoms with Crippen molar-refractivity contribution in [2.24, 2.45) is 0 Å². The van der Waals surface area contributed by atoms with Crippen molar-refractivity contribution in [2.75, 3.05) is 5.88 Å². The third-order valence-corrected chi connectivity index (χ3v) is 2.46. The van der Waals surface area contributed by atoms with Crippen molar-refractivity contribution in [1.29, 1.82) is 0 Å². The van der Waals surface area contributed by atoms with E-state index in [0.717, 1.165) is 6.07 Å². The van der Waals surface area contributed by atoms with Crippen molar-refractivity contribution < 1.29 is 35.9 Å². The van der Waals surface area contributed by atoms with E-state index in [1.54, 1.807) is 0 Å². The van der Waals surface area contributed by atoms with Gasteiger partial charge in [0.2, 0.25) is 0 Å². The molecular formula is C11H7ClF6O2. The molecule has 0 N–H and O–H groups in total. The lowest BCUT2D eigenvalue weighted by Crippen LogP contribution is -2.19. The zero-order valence-corrected chi connectivity index (χ0v) is 10.4. The van der Waals surface area contributed by atoms with Gasteiger partial charge in [0.05, 0.1) is 11.4 Å². The molecule has 0 heterocycles. The van der Waals surface area contributed by atoms with Crippen LogP contribution in [0.3, 0.4) is 0 Å².